The number of hydrogen-bond donors (Lipinski definition) is 3. The topological polar surface area (TPSA) is 105 Å². The first-order chi connectivity index (χ1) is 15.3. The summed E-state index contributed by atoms with van der Waals surface area (Å²) in [4.78, 5) is 35.5. The summed E-state index contributed by atoms with van der Waals surface area (Å²) >= 11 is 12.1. The molecule has 7 nitrogen and oxygen atoms in total. The zero-order valence-corrected chi connectivity index (χ0v) is 18.8. The van der Waals surface area contributed by atoms with Gasteiger partial charge in [0, 0.05) is 23.7 Å². The first-order valence-corrected chi connectivity index (χ1v) is 11.1. The Bertz CT molecular complexity index is 973. The molecule has 1 saturated carbocycles. The van der Waals surface area contributed by atoms with E-state index in [9.17, 15) is 14.4 Å². The van der Waals surface area contributed by atoms with Gasteiger partial charge in [0.15, 0.2) is 0 Å². The van der Waals surface area contributed by atoms with Crippen LogP contribution in [-0.4, -0.2) is 42.1 Å². The third-order valence-electron chi connectivity index (χ3n) is 5.31. The summed E-state index contributed by atoms with van der Waals surface area (Å²) in [5.41, 5.74) is 0.786. The molecular formula is C23H24Cl2N2O5. The van der Waals surface area contributed by atoms with Crippen molar-refractivity contribution < 1.29 is 24.2 Å². The monoisotopic (exact) mass is 478 g/mol. The molecule has 1 aliphatic rings. The molecule has 0 bridgehead atoms. The fourth-order valence-corrected chi connectivity index (χ4v) is 3.91. The highest BCUT2D eigenvalue weighted by molar-refractivity contribution is 6.34. The van der Waals surface area contributed by atoms with Gasteiger partial charge >= 0.3 is 5.97 Å². The third kappa shape index (κ3) is 6.61. The highest BCUT2D eigenvalue weighted by atomic mass is 35.5. The Morgan fingerprint density at radius 1 is 0.906 bits per heavy atom. The molecule has 2 aromatic rings. The van der Waals surface area contributed by atoms with Crippen LogP contribution in [0.5, 0.6) is 5.75 Å². The van der Waals surface area contributed by atoms with Crippen molar-refractivity contribution in [3.05, 3.63) is 63.6 Å². The molecule has 2 aromatic carbocycles. The second-order valence-corrected chi connectivity index (χ2v) is 8.43. The number of rotatable bonds is 8. The standard InChI is InChI=1S/C23H24Cl2N2O5/c24-16-5-1-14(2-6-16)21(28)26-11-12-27-22(29)19-10-9-18(13-20(19)25)32-17-7-3-15(4-8-17)23(30)31/h1-2,5-6,9-10,13,15,17H,3-4,7-8,11-12H2,(H,26,28)(H,27,29)(H,30,31)/t15-,17+. The maximum absolute atomic E-state index is 12.4. The number of carbonyl (C=O) groups is 3. The fourth-order valence-electron chi connectivity index (χ4n) is 3.52. The number of halogens is 2. The minimum Gasteiger partial charge on any atom is -0.490 e. The molecule has 2 amide bonds. The van der Waals surface area contributed by atoms with Crippen molar-refractivity contribution in [2.24, 2.45) is 5.92 Å². The molecule has 3 rings (SSSR count). The molecule has 0 aromatic heterocycles. The lowest BCUT2D eigenvalue weighted by molar-refractivity contribution is -0.143. The largest absolute Gasteiger partial charge is 0.490 e. The van der Waals surface area contributed by atoms with Crippen molar-refractivity contribution in [1.29, 1.82) is 0 Å². The van der Waals surface area contributed by atoms with E-state index in [-0.39, 0.29) is 41.9 Å². The molecular weight excluding hydrogens is 455 g/mol. The molecule has 0 radical (unpaired) electrons. The predicted octanol–water partition coefficient (Wildman–Crippen LogP) is 4.18. The Hall–Kier alpha value is -2.77. The van der Waals surface area contributed by atoms with Crippen LogP contribution in [0.4, 0.5) is 0 Å². The summed E-state index contributed by atoms with van der Waals surface area (Å²) in [6.45, 7) is 0.491. The van der Waals surface area contributed by atoms with Crippen LogP contribution in [0.3, 0.4) is 0 Å². The van der Waals surface area contributed by atoms with Gasteiger partial charge in [-0.1, -0.05) is 23.2 Å². The molecule has 170 valence electrons. The third-order valence-corrected chi connectivity index (χ3v) is 5.88. The minimum absolute atomic E-state index is 0.0643. The minimum atomic E-state index is -0.758. The number of carboxylic acids is 1. The average molecular weight is 479 g/mol. The number of amides is 2. The summed E-state index contributed by atoms with van der Waals surface area (Å²) in [5, 5.41) is 15.3. The van der Waals surface area contributed by atoms with Gasteiger partial charge in [-0.3, -0.25) is 14.4 Å². The van der Waals surface area contributed by atoms with Crippen molar-refractivity contribution in [2.45, 2.75) is 31.8 Å². The molecule has 1 aliphatic carbocycles. The molecule has 3 N–H and O–H groups in total. The Labute approximate surface area is 196 Å². The molecule has 0 aliphatic heterocycles. The van der Waals surface area contributed by atoms with Crippen molar-refractivity contribution in [1.82, 2.24) is 10.6 Å². The lowest BCUT2D eigenvalue weighted by Crippen LogP contribution is -2.34. The Morgan fingerprint density at radius 3 is 2.12 bits per heavy atom. The maximum Gasteiger partial charge on any atom is 0.306 e. The van der Waals surface area contributed by atoms with E-state index in [2.05, 4.69) is 10.6 Å². The molecule has 0 atom stereocenters. The quantitative estimate of drug-likeness (QED) is 0.493. The zero-order chi connectivity index (χ0) is 23.1. The Balaban J connectivity index is 1.44. The van der Waals surface area contributed by atoms with Crippen LogP contribution in [0.1, 0.15) is 46.4 Å². The second kappa shape index (κ2) is 11.2. The fraction of sp³-hybridized carbons (Fsp3) is 0.348. The number of benzene rings is 2. The first kappa shape index (κ1) is 23.9. The van der Waals surface area contributed by atoms with E-state index < -0.39 is 5.97 Å². The van der Waals surface area contributed by atoms with Crippen LogP contribution in [0.2, 0.25) is 10.0 Å². The van der Waals surface area contributed by atoms with E-state index in [0.29, 0.717) is 47.6 Å². The lowest BCUT2D eigenvalue weighted by Gasteiger charge is -2.26. The summed E-state index contributed by atoms with van der Waals surface area (Å²) < 4.78 is 5.91. The summed E-state index contributed by atoms with van der Waals surface area (Å²) in [5.74, 6) is -1.13. The van der Waals surface area contributed by atoms with E-state index in [1.807, 2.05) is 0 Å². The van der Waals surface area contributed by atoms with Crippen molar-refractivity contribution in [2.75, 3.05) is 13.1 Å². The maximum atomic E-state index is 12.4. The van der Waals surface area contributed by atoms with Crippen molar-refractivity contribution >= 4 is 41.0 Å². The lowest BCUT2D eigenvalue weighted by atomic mass is 9.87. The van der Waals surface area contributed by atoms with Crippen molar-refractivity contribution in [3.8, 4) is 5.75 Å². The summed E-state index contributed by atoms with van der Waals surface area (Å²) in [6.07, 6.45) is 2.44. The van der Waals surface area contributed by atoms with Crippen LogP contribution in [0.15, 0.2) is 42.5 Å². The number of ether oxygens (including phenoxy) is 1. The normalized spacial score (nSPS) is 17.9. The highest BCUT2D eigenvalue weighted by Gasteiger charge is 2.27. The Morgan fingerprint density at radius 2 is 1.53 bits per heavy atom. The highest BCUT2D eigenvalue weighted by Crippen LogP contribution is 2.29. The molecule has 1 fully saturated rings. The van der Waals surface area contributed by atoms with Crippen LogP contribution in [0.25, 0.3) is 0 Å². The van der Waals surface area contributed by atoms with Gasteiger partial charge in [-0.2, -0.15) is 0 Å². The van der Waals surface area contributed by atoms with Gasteiger partial charge in [0.1, 0.15) is 5.75 Å². The molecule has 0 heterocycles. The van der Waals surface area contributed by atoms with Crippen LogP contribution < -0.4 is 15.4 Å². The molecule has 9 heteroatoms. The van der Waals surface area contributed by atoms with Crippen molar-refractivity contribution in [3.63, 3.8) is 0 Å². The summed E-state index contributed by atoms with van der Waals surface area (Å²) in [6, 6.07) is 11.4. The number of carboxylic acid groups (broad SMARTS) is 1. The molecule has 0 spiro atoms. The van der Waals surface area contributed by atoms with Gasteiger partial charge in [0.2, 0.25) is 0 Å². The molecule has 0 saturated heterocycles. The van der Waals surface area contributed by atoms with Gasteiger partial charge < -0.3 is 20.5 Å². The zero-order valence-electron chi connectivity index (χ0n) is 17.3. The van der Waals surface area contributed by atoms with E-state index in [0.717, 1.165) is 0 Å². The average Bonchev–Trinajstić information content (AvgIpc) is 2.77. The van der Waals surface area contributed by atoms with Gasteiger partial charge in [-0.15, -0.1) is 0 Å². The van der Waals surface area contributed by atoms with Gasteiger partial charge in [-0.25, -0.2) is 0 Å². The van der Waals surface area contributed by atoms with E-state index in [1.54, 1.807) is 42.5 Å². The number of carbonyl (C=O) groups excluding carboxylic acids is 2. The van der Waals surface area contributed by atoms with Crippen LogP contribution in [0, 0.1) is 5.92 Å². The van der Waals surface area contributed by atoms with E-state index in [1.165, 1.54) is 0 Å². The van der Waals surface area contributed by atoms with E-state index >= 15 is 0 Å². The molecule has 32 heavy (non-hydrogen) atoms. The van der Waals surface area contributed by atoms with Gasteiger partial charge in [0.05, 0.1) is 22.6 Å². The van der Waals surface area contributed by atoms with E-state index in [4.69, 9.17) is 33.0 Å². The number of hydrogen-bond acceptors (Lipinski definition) is 4. The summed E-state index contributed by atoms with van der Waals surface area (Å²) in [7, 11) is 0. The number of aliphatic carboxylic acids is 1. The van der Waals surface area contributed by atoms with Crippen LogP contribution in [-0.2, 0) is 4.79 Å². The van der Waals surface area contributed by atoms with Gasteiger partial charge in [0.25, 0.3) is 11.8 Å². The SMILES string of the molecule is O=C(NCCNC(=O)c1ccc(O[C@H]2CC[C@@H](C(=O)O)CC2)cc1Cl)c1ccc(Cl)cc1. The first-order valence-electron chi connectivity index (χ1n) is 10.3. The number of nitrogens with one attached hydrogen (secondary N) is 2. The smallest absolute Gasteiger partial charge is 0.306 e. The second-order valence-electron chi connectivity index (χ2n) is 7.59. The molecule has 0 unspecified atom stereocenters. The predicted molar refractivity (Wildman–Crippen MR) is 122 cm³/mol. The van der Waals surface area contributed by atoms with Gasteiger partial charge in [-0.05, 0) is 68.1 Å². The Kier molecular flexibility index (Phi) is 8.36. The van der Waals surface area contributed by atoms with Crippen LogP contribution >= 0.6 is 23.2 Å².